The number of aliphatic carboxylic acids is 1. The minimum absolute atomic E-state index is 0.239. The molecule has 2 aromatic rings. The Kier molecular flexibility index (Phi) is 3.23. The molecule has 18 heavy (non-hydrogen) atoms. The molecule has 0 atom stereocenters. The quantitative estimate of drug-likeness (QED) is 0.660. The highest BCUT2D eigenvalue weighted by Crippen LogP contribution is 2.26. The maximum atomic E-state index is 11.9. The summed E-state index contributed by atoms with van der Waals surface area (Å²) in [5.74, 6) is -1.33. The van der Waals surface area contributed by atoms with Crippen molar-refractivity contribution in [2.75, 3.05) is 0 Å². The first-order chi connectivity index (χ1) is 8.59. The fourth-order valence-corrected chi connectivity index (χ4v) is 1.72. The third kappa shape index (κ3) is 2.29. The minimum Gasteiger partial charge on any atom is -0.481 e. The number of aryl methyl sites for hydroxylation is 1. The lowest BCUT2D eigenvalue weighted by molar-refractivity contribution is -0.135. The van der Waals surface area contributed by atoms with E-state index in [2.05, 4.69) is 5.16 Å². The van der Waals surface area contributed by atoms with Crippen LogP contribution >= 0.6 is 0 Å². The fourth-order valence-electron chi connectivity index (χ4n) is 1.72. The summed E-state index contributed by atoms with van der Waals surface area (Å²) in [6.07, 6.45) is -0.568. The second-order valence-electron chi connectivity index (χ2n) is 3.82. The van der Waals surface area contributed by atoms with E-state index in [-0.39, 0.29) is 5.56 Å². The van der Waals surface area contributed by atoms with Gasteiger partial charge in [-0.2, -0.15) is 0 Å². The molecule has 92 valence electrons. The van der Waals surface area contributed by atoms with E-state index in [0.717, 1.165) is 5.56 Å². The van der Waals surface area contributed by atoms with Gasteiger partial charge in [0.25, 0.3) is 0 Å². The fraction of sp³-hybridized carbons (Fsp3) is 0.154. The van der Waals surface area contributed by atoms with Gasteiger partial charge in [0.1, 0.15) is 17.9 Å². The molecule has 2 rings (SSSR count). The lowest BCUT2D eigenvalue weighted by Gasteiger charge is -2.00. The molecular formula is C13H11NO4. The number of hydrogen-bond donors (Lipinski definition) is 1. The van der Waals surface area contributed by atoms with E-state index in [4.69, 9.17) is 9.63 Å². The molecular weight excluding hydrogens is 234 g/mol. The summed E-state index contributed by atoms with van der Waals surface area (Å²) >= 11 is 0. The Morgan fingerprint density at radius 1 is 1.28 bits per heavy atom. The summed E-state index contributed by atoms with van der Waals surface area (Å²) in [7, 11) is 0. The Morgan fingerprint density at radius 3 is 2.56 bits per heavy atom. The van der Waals surface area contributed by atoms with E-state index in [9.17, 15) is 9.59 Å². The van der Waals surface area contributed by atoms with Crippen LogP contribution in [0.3, 0.4) is 0 Å². The van der Waals surface area contributed by atoms with Crippen molar-refractivity contribution in [2.45, 2.75) is 13.3 Å². The maximum absolute atomic E-state index is 11.9. The Labute approximate surface area is 103 Å². The molecule has 1 aromatic heterocycles. The summed E-state index contributed by atoms with van der Waals surface area (Å²) in [6.45, 7) is 1.59. The molecule has 0 aliphatic carbocycles. The molecule has 0 saturated heterocycles. The molecule has 0 aliphatic heterocycles. The predicted molar refractivity (Wildman–Crippen MR) is 63.3 cm³/mol. The van der Waals surface area contributed by atoms with E-state index in [1.54, 1.807) is 19.1 Å². The van der Waals surface area contributed by atoms with E-state index in [0.29, 0.717) is 11.5 Å². The van der Waals surface area contributed by atoms with Crippen molar-refractivity contribution in [1.29, 1.82) is 0 Å². The molecule has 5 nitrogen and oxygen atoms in total. The predicted octanol–water partition coefficient (Wildman–Crippen LogP) is 2.31. The van der Waals surface area contributed by atoms with Crippen LogP contribution in [0.25, 0.3) is 11.3 Å². The Hall–Kier alpha value is -2.43. The van der Waals surface area contributed by atoms with E-state index < -0.39 is 18.2 Å². The largest absolute Gasteiger partial charge is 0.481 e. The summed E-state index contributed by atoms with van der Waals surface area (Å²) < 4.78 is 4.99. The molecule has 0 saturated carbocycles. The van der Waals surface area contributed by atoms with Crippen molar-refractivity contribution in [3.05, 3.63) is 41.7 Å². The first-order valence-electron chi connectivity index (χ1n) is 5.36. The number of nitrogens with zero attached hydrogens (tertiary/aromatic N) is 1. The molecule has 1 aromatic carbocycles. The van der Waals surface area contributed by atoms with Crippen molar-refractivity contribution >= 4 is 11.8 Å². The summed E-state index contributed by atoms with van der Waals surface area (Å²) in [5, 5.41) is 12.5. The van der Waals surface area contributed by atoms with Gasteiger partial charge in [-0.3, -0.25) is 9.59 Å². The number of hydrogen-bond acceptors (Lipinski definition) is 4. The zero-order chi connectivity index (χ0) is 13.1. The van der Waals surface area contributed by atoms with Gasteiger partial charge in [-0.25, -0.2) is 0 Å². The highest BCUT2D eigenvalue weighted by atomic mass is 16.5. The van der Waals surface area contributed by atoms with Crippen LogP contribution in [0.5, 0.6) is 0 Å². The Bertz CT molecular complexity index is 586. The van der Waals surface area contributed by atoms with Gasteiger partial charge in [0.2, 0.25) is 0 Å². The third-order valence-corrected chi connectivity index (χ3v) is 2.50. The smallest absolute Gasteiger partial charge is 0.311 e. The zero-order valence-electron chi connectivity index (χ0n) is 9.71. The number of carbonyl (C=O) groups excluding carboxylic acids is 1. The number of carbonyl (C=O) groups is 2. The van der Waals surface area contributed by atoms with Crippen molar-refractivity contribution in [1.82, 2.24) is 5.16 Å². The van der Waals surface area contributed by atoms with Gasteiger partial charge >= 0.3 is 5.97 Å². The SMILES string of the molecule is Cc1onc(-c2ccccc2)c1C(=O)CC(=O)O. The standard InChI is InChI=1S/C13H11NO4/c1-8-12(10(15)7-11(16)17)13(14-18-8)9-5-3-2-4-6-9/h2-6H,7H2,1H3,(H,16,17). The highest BCUT2D eigenvalue weighted by molar-refractivity contribution is 6.09. The van der Waals surface area contributed by atoms with Gasteiger partial charge in [-0.15, -0.1) is 0 Å². The van der Waals surface area contributed by atoms with E-state index in [1.807, 2.05) is 18.2 Å². The number of carboxylic acids is 1. The molecule has 5 heteroatoms. The van der Waals surface area contributed by atoms with Gasteiger partial charge in [0, 0.05) is 5.56 Å². The average molecular weight is 245 g/mol. The van der Waals surface area contributed by atoms with Gasteiger partial charge < -0.3 is 9.63 Å². The number of benzene rings is 1. The lowest BCUT2D eigenvalue weighted by Crippen LogP contribution is -2.08. The number of rotatable bonds is 4. The topological polar surface area (TPSA) is 80.4 Å². The number of Topliss-reactive ketones (excluding diaryl/α,β-unsaturated/α-hetero) is 1. The molecule has 1 N–H and O–H groups in total. The summed E-state index contributed by atoms with van der Waals surface area (Å²) in [6, 6.07) is 9.04. The maximum Gasteiger partial charge on any atom is 0.311 e. The summed E-state index contributed by atoms with van der Waals surface area (Å²) in [5.41, 5.74) is 1.35. The molecule has 0 bridgehead atoms. The highest BCUT2D eigenvalue weighted by Gasteiger charge is 2.22. The molecule has 0 spiro atoms. The first kappa shape index (κ1) is 12.0. The molecule has 0 radical (unpaired) electrons. The molecule has 0 fully saturated rings. The number of ketones is 1. The van der Waals surface area contributed by atoms with E-state index >= 15 is 0 Å². The Morgan fingerprint density at radius 2 is 1.94 bits per heavy atom. The van der Waals surface area contributed by atoms with E-state index in [1.165, 1.54) is 0 Å². The van der Waals surface area contributed by atoms with Crippen LogP contribution in [0.1, 0.15) is 22.5 Å². The monoisotopic (exact) mass is 245 g/mol. The molecule has 1 heterocycles. The van der Waals surface area contributed by atoms with Gasteiger partial charge in [-0.05, 0) is 6.92 Å². The normalized spacial score (nSPS) is 10.3. The van der Waals surface area contributed by atoms with Gasteiger partial charge in [-0.1, -0.05) is 35.5 Å². The second kappa shape index (κ2) is 4.83. The van der Waals surface area contributed by atoms with Crippen molar-refractivity contribution in [3.63, 3.8) is 0 Å². The van der Waals surface area contributed by atoms with Crippen molar-refractivity contribution in [3.8, 4) is 11.3 Å². The first-order valence-corrected chi connectivity index (χ1v) is 5.36. The van der Waals surface area contributed by atoms with Crippen LogP contribution in [0.4, 0.5) is 0 Å². The van der Waals surface area contributed by atoms with Crippen LogP contribution in [0, 0.1) is 6.92 Å². The van der Waals surface area contributed by atoms with Crippen molar-refractivity contribution in [2.24, 2.45) is 0 Å². The minimum atomic E-state index is -1.17. The van der Waals surface area contributed by atoms with Crippen LogP contribution in [0.15, 0.2) is 34.9 Å². The van der Waals surface area contributed by atoms with Crippen molar-refractivity contribution < 1.29 is 19.2 Å². The third-order valence-electron chi connectivity index (χ3n) is 2.50. The molecule has 0 unspecified atom stereocenters. The van der Waals surface area contributed by atoms with Crippen LogP contribution < -0.4 is 0 Å². The number of carboxylic acid groups (broad SMARTS) is 1. The van der Waals surface area contributed by atoms with Gasteiger partial charge in [0.15, 0.2) is 5.78 Å². The number of aromatic nitrogens is 1. The van der Waals surface area contributed by atoms with Crippen LogP contribution in [-0.4, -0.2) is 22.0 Å². The molecule has 0 aliphatic rings. The van der Waals surface area contributed by atoms with Gasteiger partial charge in [0.05, 0.1) is 5.56 Å². The van der Waals surface area contributed by atoms with Crippen LogP contribution in [0.2, 0.25) is 0 Å². The van der Waals surface area contributed by atoms with Crippen LogP contribution in [-0.2, 0) is 4.79 Å². The Balaban J connectivity index is 2.45. The summed E-state index contributed by atoms with van der Waals surface area (Å²) in [4.78, 5) is 22.4. The molecule has 0 amide bonds. The second-order valence-corrected chi connectivity index (χ2v) is 3.82. The zero-order valence-corrected chi connectivity index (χ0v) is 9.71. The lowest BCUT2D eigenvalue weighted by atomic mass is 10.0. The average Bonchev–Trinajstić information content (AvgIpc) is 2.71.